The van der Waals surface area contributed by atoms with E-state index in [2.05, 4.69) is 16.0 Å². The van der Waals surface area contributed by atoms with Crippen molar-refractivity contribution in [1.82, 2.24) is 15.5 Å². The third-order valence-corrected chi connectivity index (χ3v) is 5.37. The molecule has 0 spiro atoms. The molecule has 0 aliphatic carbocycles. The van der Waals surface area contributed by atoms with Crippen molar-refractivity contribution in [2.24, 2.45) is 5.92 Å². The van der Waals surface area contributed by atoms with E-state index in [1.807, 2.05) is 5.38 Å². The maximum Gasteiger partial charge on any atom is 0.319 e. The van der Waals surface area contributed by atoms with Crippen LogP contribution in [0.25, 0.3) is 0 Å². The van der Waals surface area contributed by atoms with E-state index >= 15 is 0 Å². The molecule has 1 aliphatic heterocycles. The highest BCUT2D eigenvalue weighted by Crippen LogP contribution is 2.16. The maximum absolute atomic E-state index is 13.2. The molecule has 4 amide bonds. The summed E-state index contributed by atoms with van der Waals surface area (Å²) in [6.07, 6.45) is 1.73. The molecule has 0 radical (unpaired) electrons. The first kappa shape index (κ1) is 20.8. The number of piperidine rings is 1. The van der Waals surface area contributed by atoms with Gasteiger partial charge in [0.25, 0.3) is 5.91 Å². The summed E-state index contributed by atoms with van der Waals surface area (Å²) in [5.41, 5.74) is 0.928. The van der Waals surface area contributed by atoms with Gasteiger partial charge in [-0.3, -0.25) is 9.59 Å². The molecular weight excluding hydrogens is 395 g/mol. The lowest BCUT2D eigenvalue weighted by atomic mass is 9.98. The minimum absolute atomic E-state index is 0.0467. The van der Waals surface area contributed by atoms with Crippen LogP contribution in [0.4, 0.5) is 14.9 Å². The molecule has 1 aromatic heterocycles. The lowest BCUT2D eigenvalue weighted by molar-refractivity contribution is -0.131. The molecule has 1 aromatic carbocycles. The fraction of sp³-hybridized carbons (Fsp3) is 0.350. The smallest absolute Gasteiger partial charge is 0.319 e. The van der Waals surface area contributed by atoms with Gasteiger partial charge >= 0.3 is 6.03 Å². The van der Waals surface area contributed by atoms with Crippen LogP contribution in [0.15, 0.2) is 41.1 Å². The first-order valence-electron chi connectivity index (χ1n) is 9.40. The summed E-state index contributed by atoms with van der Waals surface area (Å²) in [7, 11) is 0. The Labute approximate surface area is 172 Å². The van der Waals surface area contributed by atoms with Crippen molar-refractivity contribution in [2.45, 2.75) is 12.8 Å². The van der Waals surface area contributed by atoms with Crippen molar-refractivity contribution >= 4 is 34.9 Å². The molecule has 1 unspecified atom stereocenters. The van der Waals surface area contributed by atoms with Crippen molar-refractivity contribution in [1.29, 1.82) is 0 Å². The maximum atomic E-state index is 13.2. The number of urea groups is 1. The van der Waals surface area contributed by atoms with E-state index in [4.69, 9.17) is 0 Å². The normalized spacial score (nSPS) is 16.2. The van der Waals surface area contributed by atoms with Gasteiger partial charge in [-0.2, -0.15) is 11.3 Å². The molecule has 154 valence electrons. The quantitative estimate of drug-likeness (QED) is 0.674. The Hall–Kier alpha value is -2.94. The third kappa shape index (κ3) is 6.28. The number of nitrogens with one attached hydrogen (secondary N) is 3. The lowest BCUT2D eigenvalue weighted by Crippen LogP contribution is -2.47. The van der Waals surface area contributed by atoms with Gasteiger partial charge in [-0.25, -0.2) is 9.18 Å². The standard InChI is InChI=1S/C20H23FN4O3S/c21-16-4-1-5-17(9-16)24-20(28)23-10-14-3-2-7-25(12-14)18(26)11-22-19(27)15-6-8-29-13-15/h1,4-6,8-9,13-14H,2-3,7,10-12H2,(H,22,27)(H2,23,24,28). The first-order valence-corrected chi connectivity index (χ1v) is 10.3. The first-order chi connectivity index (χ1) is 14.0. The van der Waals surface area contributed by atoms with Crippen LogP contribution in [0.3, 0.4) is 0 Å². The number of hydrogen-bond donors (Lipinski definition) is 3. The van der Waals surface area contributed by atoms with Crippen LogP contribution in [0.2, 0.25) is 0 Å². The number of likely N-dealkylation sites (tertiary alicyclic amines) is 1. The predicted octanol–water partition coefficient (Wildman–Crippen LogP) is 2.68. The number of halogens is 1. The van der Waals surface area contributed by atoms with E-state index in [0.29, 0.717) is 30.9 Å². The van der Waals surface area contributed by atoms with Gasteiger partial charge in [-0.05, 0) is 48.4 Å². The van der Waals surface area contributed by atoms with Crippen LogP contribution in [-0.2, 0) is 4.79 Å². The summed E-state index contributed by atoms with van der Waals surface area (Å²) in [5, 5.41) is 11.5. The predicted molar refractivity (Wildman–Crippen MR) is 109 cm³/mol. The number of carbonyl (C=O) groups is 3. The molecule has 3 N–H and O–H groups in total. The Kier molecular flexibility index (Phi) is 7.18. The second kappa shape index (κ2) is 10.0. The molecule has 1 atom stereocenters. The molecule has 2 aromatic rings. The Balaban J connectivity index is 1.40. The molecule has 1 fully saturated rings. The zero-order chi connectivity index (χ0) is 20.6. The number of thiophene rings is 1. The number of amides is 4. The number of benzene rings is 1. The van der Waals surface area contributed by atoms with Gasteiger partial charge in [-0.15, -0.1) is 0 Å². The van der Waals surface area contributed by atoms with Gasteiger partial charge in [-0.1, -0.05) is 6.07 Å². The van der Waals surface area contributed by atoms with Gasteiger partial charge in [0.05, 0.1) is 6.54 Å². The van der Waals surface area contributed by atoms with E-state index < -0.39 is 11.8 Å². The Morgan fingerprint density at radius 3 is 2.83 bits per heavy atom. The van der Waals surface area contributed by atoms with Gasteiger partial charge < -0.3 is 20.9 Å². The summed E-state index contributed by atoms with van der Waals surface area (Å²) in [4.78, 5) is 38.1. The largest absolute Gasteiger partial charge is 0.343 e. The van der Waals surface area contributed by atoms with Crippen molar-refractivity contribution in [3.63, 3.8) is 0 Å². The number of nitrogens with zero attached hydrogens (tertiary/aromatic N) is 1. The summed E-state index contributed by atoms with van der Waals surface area (Å²) in [6.45, 7) is 1.52. The highest BCUT2D eigenvalue weighted by Gasteiger charge is 2.24. The van der Waals surface area contributed by atoms with Crippen LogP contribution in [0, 0.1) is 11.7 Å². The fourth-order valence-electron chi connectivity index (χ4n) is 3.20. The molecule has 29 heavy (non-hydrogen) atoms. The molecule has 2 heterocycles. The second-order valence-electron chi connectivity index (χ2n) is 6.89. The fourth-order valence-corrected chi connectivity index (χ4v) is 3.84. The van der Waals surface area contributed by atoms with Crippen LogP contribution in [-0.4, -0.2) is 48.9 Å². The lowest BCUT2D eigenvalue weighted by Gasteiger charge is -2.33. The van der Waals surface area contributed by atoms with E-state index in [9.17, 15) is 18.8 Å². The molecule has 1 saturated heterocycles. The Morgan fingerprint density at radius 2 is 2.07 bits per heavy atom. The van der Waals surface area contributed by atoms with Crippen molar-refractivity contribution in [3.8, 4) is 0 Å². The molecule has 1 aliphatic rings. The van der Waals surface area contributed by atoms with Crippen molar-refractivity contribution in [3.05, 3.63) is 52.5 Å². The van der Waals surface area contributed by atoms with Crippen LogP contribution in [0.5, 0.6) is 0 Å². The number of rotatable bonds is 6. The summed E-state index contributed by atoms with van der Waals surface area (Å²) in [5.74, 6) is -0.694. The number of anilines is 1. The molecule has 9 heteroatoms. The molecule has 7 nitrogen and oxygen atoms in total. The monoisotopic (exact) mass is 418 g/mol. The van der Waals surface area contributed by atoms with Crippen LogP contribution in [0.1, 0.15) is 23.2 Å². The van der Waals surface area contributed by atoms with Crippen molar-refractivity contribution in [2.75, 3.05) is 31.5 Å². The van der Waals surface area contributed by atoms with Crippen LogP contribution >= 0.6 is 11.3 Å². The van der Waals surface area contributed by atoms with E-state index in [-0.39, 0.29) is 24.3 Å². The zero-order valence-electron chi connectivity index (χ0n) is 15.8. The van der Waals surface area contributed by atoms with Crippen molar-refractivity contribution < 1.29 is 18.8 Å². The van der Waals surface area contributed by atoms with Gasteiger partial charge in [0.1, 0.15) is 5.82 Å². The Morgan fingerprint density at radius 1 is 1.21 bits per heavy atom. The highest BCUT2D eigenvalue weighted by atomic mass is 32.1. The van der Waals surface area contributed by atoms with Gasteiger partial charge in [0.2, 0.25) is 5.91 Å². The van der Waals surface area contributed by atoms with E-state index in [1.54, 1.807) is 22.4 Å². The molecule has 0 saturated carbocycles. The molecular formula is C20H23FN4O3S. The summed E-state index contributed by atoms with van der Waals surface area (Å²) >= 11 is 1.42. The highest BCUT2D eigenvalue weighted by molar-refractivity contribution is 7.08. The third-order valence-electron chi connectivity index (χ3n) is 4.69. The minimum atomic E-state index is -0.421. The van der Waals surface area contributed by atoms with Crippen LogP contribution < -0.4 is 16.0 Å². The summed E-state index contributed by atoms with van der Waals surface area (Å²) < 4.78 is 13.2. The van der Waals surface area contributed by atoms with Gasteiger partial charge in [0.15, 0.2) is 0 Å². The average Bonchev–Trinajstić information content (AvgIpc) is 3.25. The molecule has 0 bridgehead atoms. The SMILES string of the molecule is O=C(NCC1CCCN(C(=O)CNC(=O)c2ccsc2)C1)Nc1cccc(F)c1. The average molecular weight is 418 g/mol. The summed E-state index contributed by atoms with van der Waals surface area (Å²) in [6, 6.07) is 6.97. The molecule has 3 rings (SSSR count). The number of hydrogen-bond acceptors (Lipinski definition) is 4. The zero-order valence-corrected chi connectivity index (χ0v) is 16.6. The Bertz CT molecular complexity index is 859. The van der Waals surface area contributed by atoms with Gasteiger partial charge in [0, 0.05) is 36.3 Å². The minimum Gasteiger partial charge on any atom is -0.343 e. The van der Waals surface area contributed by atoms with E-state index in [1.165, 1.54) is 29.5 Å². The van der Waals surface area contributed by atoms with E-state index in [0.717, 1.165) is 12.8 Å². The topological polar surface area (TPSA) is 90.5 Å². The second-order valence-corrected chi connectivity index (χ2v) is 7.67. The number of carbonyl (C=O) groups excluding carboxylic acids is 3.